The van der Waals surface area contributed by atoms with Gasteiger partial charge in [0.25, 0.3) is 0 Å². The molecule has 24 heavy (non-hydrogen) atoms. The van der Waals surface area contributed by atoms with Crippen molar-refractivity contribution >= 4 is 39.3 Å². The molecule has 0 fully saturated rings. The minimum atomic E-state index is -0.303. The zero-order valence-corrected chi connectivity index (χ0v) is 14.0. The first-order chi connectivity index (χ1) is 11.5. The van der Waals surface area contributed by atoms with Gasteiger partial charge in [0.15, 0.2) is 0 Å². The summed E-state index contributed by atoms with van der Waals surface area (Å²) in [5.41, 5.74) is 14.1. The van der Waals surface area contributed by atoms with Crippen molar-refractivity contribution in [2.45, 2.75) is 19.8 Å². The van der Waals surface area contributed by atoms with E-state index in [1.165, 1.54) is 18.3 Å². The SMILES string of the molecule is CC(=O)OCCCc1nc(N)nc(N)c1-c1nc2ccccc2s1. The molecular weight excluding hydrogens is 326 g/mol. The minimum Gasteiger partial charge on any atom is -0.466 e. The van der Waals surface area contributed by atoms with Crippen LogP contribution < -0.4 is 11.5 Å². The summed E-state index contributed by atoms with van der Waals surface area (Å²) < 4.78 is 6.02. The van der Waals surface area contributed by atoms with E-state index < -0.39 is 0 Å². The Morgan fingerprint density at radius 3 is 2.75 bits per heavy atom. The number of thiazole rings is 1. The Morgan fingerprint density at radius 2 is 2.00 bits per heavy atom. The van der Waals surface area contributed by atoms with Gasteiger partial charge >= 0.3 is 5.97 Å². The summed E-state index contributed by atoms with van der Waals surface area (Å²) in [5, 5.41) is 0.760. The molecule has 0 aliphatic rings. The average Bonchev–Trinajstić information content (AvgIpc) is 2.94. The van der Waals surface area contributed by atoms with Crippen LogP contribution in [-0.2, 0) is 16.0 Å². The van der Waals surface area contributed by atoms with Crippen LogP contribution in [0.25, 0.3) is 20.8 Å². The molecule has 8 heteroatoms. The minimum absolute atomic E-state index is 0.125. The molecule has 0 saturated carbocycles. The van der Waals surface area contributed by atoms with E-state index in [9.17, 15) is 4.79 Å². The van der Waals surface area contributed by atoms with Gasteiger partial charge in [-0.3, -0.25) is 4.79 Å². The second-order valence-electron chi connectivity index (χ2n) is 5.22. The number of hydrogen-bond donors (Lipinski definition) is 2. The number of para-hydroxylation sites is 1. The number of fused-ring (bicyclic) bond motifs is 1. The lowest BCUT2D eigenvalue weighted by atomic mass is 10.1. The fraction of sp³-hybridized carbons (Fsp3) is 0.250. The van der Waals surface area contributed by atoms with Crippen LogP contribution in [0.15, 0.2) is 24.3 Å². The van der Waals surface area contributed by atoms with Gasteiger partial charge in [0.05, 0.1) is 28.1 Å². The summed E-state index contributed by atoms with van der Waals surface area (Å²) in [4.78, 5) is 23.9. The van der Waals surface area contributed by atoms with E-state index in [0.29, 0.717) is 36.5 Å². The highest BCUT2D eigenvalue weighted by Gasteiger charge is 2.17. The van der Waals surface area contributed by atoms with Crippen LogP contribution >= 0.6 is 11.3 Å². The van der Waals surface area contributed by atoms with Crippen molar-refractivity contribution in [2.75, 3.05) is 18.1 Å². The van der Waals surface area contributed by atoms with E-state index in [-0.39, 0.29) is 11.9 Å². The maximum absolute atomic E-state index is 10.9. The molecule has 0 unspecified atom stereocenters. The molecule has 4 N–H and O–H groups in total. The molecule has 0 spiro atoms. The number of anilines is 2. The lowest BCUT2D eigenvalue weighted by molar-refractivity contribution is -0.141. The first-order valence-corrected chi connectivity index (χ1v) is 8.27. The molecule has 0 bridgehead atoms. The largest absolute Gasteiger partial charge is 0.466 e. The van der Waals surface area contributed by atoms with Crippen molar-refractivity contribution in [2.24, 2.45) is 0 Å². The van der Waals surface area contributed by atoms with Crippen LogP contribution in [0, 0.1) is 0 Å². The highest BCUT2D eigenvalue weighted by molar-refractivity contribution is 7.21. The predicted molar refractivity (Wildman–Crippen MR) is 94.4 cm³/mol. The third kappa shape index (κ3) is 3.43. The maximum Gasteiger partial charge on any atom is 0.302 e. The van der Waals surface area contributed by atoms with Crippen molar-refractivity contribution in [3.8, 4) is 10.6 Å². The fourth-order valence-corrected chi connectivity index (χ4v) is 3.44. The normalized spacial score (nSPS) is 10.9. The van der Waals surface area contributed by atoms with Gasteiger partial charge in [0, 0.05) is 6.92 Å². The molecule has 3 aromatic rings. The number of nitrogens with two attached hydrogens (primary N) is 2. The smallest absolute Gasteiger partial charge is 0.302 e. The zero-order valence-electron chi connectivity index (χ0n) is 13.2. The highest BCUT2D eigenvalue weighted by Crippen LogP contribution is 2.35. The Balaban J connectivity index is 1.95. The van der Waals surface area contributed by atoms with Gasteiger partial charge in [0.2, 0.25) is 5.95 Å². The number of nitrogens with zero attached hydrogens (tertiary/aromatic N) is 3. The highest BCUT2D eigenvalue weighted by atomic mass is 32.1. The van der Waals surface area contributed by atoms with Crippen LogP contribution in [-0.4, -0.2) is 27.5 Å². The first kappa shape index (κ1) is 16.1. The molecule has 7 nitrogen and oxygen atoms in total. The molecule has 0 radical (unpaired) electrons. The van der Waals surface area contributed by atoms with E-state index in [0.717, 1.165) is 15.2 Å². The summed E-state index contributed by atoms with van der Waals surface area (Å²) in [7, 11) is 0. The number of aromatic nitrogens is 3. The van der Waals surface area contributed by atoms with E-state index >= 15 is 0 Å². The molecule has 1 aromatic carbocycles. The second-order valence-corrected chi connectivity index (χ2v) is 6.25. The number of aryl methyl sites for hydroxylation is 1. The maximum atomic E-state index is 10.9. The Bertz CT molecular complexity index is 860. The summed E-state index contributed by atoms with van der Waals surface area (Å²) >= 11 is 1.53. The van der Waals surface area contributed by atoms with Gasteiger partial charge in [-0.25, -0.2) is 9.97 Å². The number of ether oxygens (including phenoxy) is 1. The van der Waals surface area contributed by atoms with E-state index in [2.05, 4.69) is 15.0 Å². The summed E-state index contributed by atoms with van der Waals surface area (Å²) in [5.74, 6) is 0.131. The van der Waals surface area contributed by atoms with Gasteiger partial charge in [-0.05, 0) is 25.0 Å². The van der Waals surface area contributed by atoms with Gasteiger partial charge in [-0.15, -0.1) is 11.3 Å². The number of benzene rings is 1. The summed E-state index contributed by atoms with van der Waals surface area (Å²) in [6.07, 6.45) is 1.18. The molecule has 0 aliphatic carbocycles. The van der Waals surface area contributed by atoms with Crippen molar-refractivity contribution in [1.29, 1.82) is 0 Å². The van der Waals surface area contributed by atoms with Gasteiger partial charge in [0.1, 0.15) is 10.8 Å². The second kappa shape index (κ2) is 6.79. The molecule has 3 rings (SSSR count). The number of nitrogen functional groups attached to an aromatic ring is 2. The summed E-state index contributed by atoms with van der Waals surface area (Å²) in [6, 6.07) is 7.86. The lowest BCUT2D eigenvalue weighted by Gasteiger charge is -2.09. The lowest BCUT2D eigenvalue weighted by Crippen LogP contribution is -2.08. The number of hydrogen-bond acceptors (Lipinski definition) is 8. The molecule has 124 valence electrons. The first-order valence-electron chi connectivity index (χ1n) is 7.46. The van der Waals surface area contributed by atoms with Crippen LogP contribution in [0.5, 0.6) is 0 Å². The van der Waals surface area contributed by atoms with E-state index in [1.807, 2.05) is 24.3 Å². The molecule has 2 heterocycles. The topological polar surface area (TPSA) is 117 Å². The molecule has 0 saturated heterocycles. The van der Waals surface area contributed by atoms with Gasteiger partial charge in [-0.2, -0.15) is 4.98 Å². The van der Waals surface area contributed by atoms with Gasteiger partial charge in [-0.1, -0.05) is 12.1 Å². The molecule has 0 atom stereocenters. The third-order valence-electron chi connectivity index (χ3n) is 3.40. The molecular formula is C16H17N5O2S. The van der Waals surface area contributed by atoms with Crippen molar-refractivity contribution in [3.05, 3.63) is 30.0 Å². The fourth-order valence-electron chi connectivity index (χ4n) is 2.39. The Hall–Kier alpha value is -2.74. The zero-order chi connectivity index (χ0) is 17.1. The number of carbonyl (C=O) groups excluding carboxylic acids is 1. The van der Waals surface area contributed by atoms with E-state index in [4.69, 9.17) is 16.2 Å². The average molecular weight is 343 g/mol. The molecule has 0 amide bonds. The van der Waals surface area contributed by atoms with Crippen LogP contribution in [0.4, 0.5) is 11.8 Å². The van der Waals surface area contributed by atoms with Gasteiger partial charge < -0.3 is 16.2 Å². The Morgan fingerprint density at radius 1 is 1.21 bits per heavy atom. The van der Waals surface area contributed by atoms with Crippen LogP contribution in [0.3, 0.4) is 0 Å². The molecule has 0 aliphatic heterocycles. The monoisotopic (exact) mass is 343 g/mol. The number of carbonyl (C=O) groups is 1. The Labute approximate surface area is 142 Å². The van der Waals surface area contributed by atoms with Crippen molar-refractivity contribution in [3.63, 3.8) is 0 Å². The number of rotatable bonds is 5. The summed E-state index contributed by atoms with van der Waals surface area (Å²) in [6.45, 7) is 1.70. The number of esters is 1. The van der Waals surface area contributed by atoms with Crippen LogP contribution in [0.1, 0.15) is 19.0 Å². The third-order valence-corrected chi connectivity index (χ3v) is 4.45. The predicted octanol–water partition coefficient (Wildman–Crippen LogP) is 2.41. The van der Waals surface area contributed by atoms with Crippen LogP contribution in [0.2, 0.25) is 0 Å². The standard InChI is InChI=1S/C16H17N5O2S/c1-9(22)23-8-4-6-11-13(14(17)21-16(18)20-11)15-19-10-5-2-3-7-12(10)24-15/h2-3,5,7H,4,6,8H2,1H3,(H4,17,18,20,21). The molecule has 2 aromatic heterocycles. The quantitative estimate of drug-likeness (QED) is 0.539. The van der Waals surface area contributed by atoms with E-state index in [1.54, 1.807) is 0 Å². The Kier molecular flexibility index (Phi) is 4.57. The van der Waals surface area contributed by atoms with Crippen molar-refractivity contribution < 1.29 is 9.53 Å². The van der Waals surface area contributed by atoms with Crippen molar-refractivity contribution in [1.82, 2.24) is 15.0 Å².